The van der Waals surface area contributed by atoms with E-state index in [0.717, 1.165) is 25.7 Å². The molecule has 0 radical (unpaired) electrons. The normalized spacial score (nSPS) is 22.1. The van der Waals surface area contributed by atoms with Gasteiger partial charge in [-0.15, -0.1) is 0 Å². The number of aliphatic hydroxyl groups is 1. The van der Waals surface area contributed by atoms with Gasteiger partial charge in [-0.2, -0.15) is 0 Å². The van der Waals surface area contributed by atoms with Crippen molar-refractivity contribution in [1.82, 2.24) is 9.97 Å². The van der Waals surface area contributed by atoms with Crippen LogP contribution in [0.4, 0.5) is 0 Å². The molecular formula is C10H15N3O. The Balaban J connectivity index is 2.19. The van der Waals surface area contributed by atoms with Crippen LogP contribution in [0.2, 0.25) is 0 Å². The summed E-state index contributed by atoms with van der Waals surface area (Å²) in [6.45, 7) is 0. The average molecular weight is 193 g/mol. The molecule has 1 aromatic heterocycles. The van der Waals surface area contributed by atoms with E-state index in [1.54, 1.807) is 18.6 Å². The molecule has 1 aromatic rings. The molecule has 0 saturated heterocycles. The fourth-order valence-corrected chi connectivity index (χ4v) is 2.04. The third-order valence-electron chi connectivity index (χ3n) is 2.95. The van der Waals surface area contributed by atoms with Gasteiger partial charge < -0.3 is 10.8 Å². The quantitative estimate of drug-likeness (QED) is 0.728. The van der Waals surface area contributed by atoms with Gasteiger partial charge in [-0.1, -0.05) is 12.8 Å². The zero-order chi connectivity index (χ0) is 10.0. The van der Waals surface area contributed by atoms with E-state index in [0.29, 0.717) is 5.69 Å². The molecule has 1 saturated carbocycles. The first-order chi connectivity index (χ1) is 6.72. The second kappa shape index (κ2) is 3.63. The number of hydrogen-bond donors (Lipinski definition) is 2. The lowest BCUT2D eigenvalue weighted by atomic mass is 9.91. The third kappa shape index (κ3) is 1.63. The Morgan fingerprint density at radius 1 is 1.36 bits per heavy atom. The van der Waals surface area contributed by atoms with Crippen molar-refractivity contribution in [3.05, 3.63) is 24.3 Å². The summed E-state index contributed by atoms with van der Waals surface area (Å²) in [5.74, 6) is 0. The molecule has 1 unspecified atom stereocenters. The Morgan fingerprint density at radius 2 is 2.07 bits per heavy atom. The minimum atomic E-state index is -0.768. The summed E-state index contributed by atoms with van der Waals surface area (Å²) in [5.41, 5.74) is 5.89. The van der Waals surface area contributed by atoms with Crippen molar-refractivity contribution in [2.45, 2.75) is 37.3 Å². The Hall–Kier alpha value is -1.00. The molecule has 1 fully saturated rings. The maximum atomic E-state index is 10.2. The first-order valence-corrected chi connectivity index (χ1v) is 4.96. The van der Waals surface area contributed by atoms with Gasteiger partial charge in [0.15, 0.2) is 0 Å². The summed E-state index contributed by atoms with van der Waals surface area (Å²) in [6.07, 6.45) is 8.47. The zero-order valence-corrected chi connectivity index (χ0v) is 8.06. The van der Waals surface area contributed by atoms with E-state index in [4.69, 9.17) is 5.73 Å². The van der Waals surface area contributed by atoms with E-state index in [1.165, 1.54) is 0 Å². The number of hydrogen-bond acceptors (Lipinski definition) is 4. The predicted molar refractivity (Wildman–Crippen MR) is 52.4 cm³/mol. The summed E-state index contributed by atoms with van der Waals surface area (Å²) < 4.78 is 0. The van der Waals surface area contributed by atoms with Gasteiger partial charge in [-0.05, 0) is 12.8 Å². The van der Waals surface area contributed by atoms with E-state index in [1.807, 2.05) is 0 Å². The van der Waals surface area contributed by atoms with Crippen LogP contribution in [0, 0.1) is 0 Å². The van der Waals surface area contributed by atoms with Crippen molar-refractivity contribution < 1.29 is 5.11 Å². The van der Waals surface area contributed by atoms with Crippen molar-refractivity contribution >= 4 is 0 Å². The Labute approximate surface area is 83.2 Å². The Bertz CT molecular complexity index is 295. The summed E-state index contributed by atoms with van der Waals surface area (Å²) in [4.78, 5) is 8.08. The van der Waals surface area contributed by atoms with Crippen molar-refractivity contribution in [1.29, 1.82) is 0 Å². The van der Waals surface area contributed by atoms with E-state index >= 15 is 0 Å². The van der Waals surface area contributed by atoms with Gasteiger partial charge in [0.2, 0.25) is 0 Å². The molecule has 0 aliphatic heterocycles. The van der Waals surface area contributed by atoms with Crippen LogP contribution in [0.25, 0.3) is 0 Å². The van der Waals surface area contributed by atoms with Gasteiger partial charge in [0.05, 0.1) is 23.5 Å². The van der Waals surface area contributed by atoms with Gasteiger partial charge in [0.1, 0.15) is 0 Å². The predicted octanol–water partition coefficient (Wildman–Crippen LogP) is 0.781. The Morgan fingerprint density at radius 3 is 2.64 bits per heavy atom. The first-order valence-electron chi connectivity index (χ1n) is 4.96. The van der Waals surface area contributed by atoms with E-state index in [-0.39, 0.29) is 0 Å². The number of rotatable bonds is 2. The topological polar surface area (TPSA) is 72.0 Å². The standard InChI is InChI=1S/C10H15N3O/c11-9(8-7-12-5-6-13-8)10(14)3-1-2-4-10/h5-7,9,14H,1-4,11H2. The highest BCUT2D eigenvalue weighted by atomic mass is 16.3. The second-order valence-electron chi connectivity index (χ2n) is 3.92. The molecule has 0 bridgehead atoms. The molecule has 0 aromatic carbocycles. The SMILES string of the molecule is NC(c1cnccn1)C1(O)CCCC1. The number of nitrogens with zero attached hydrogens (tertiary/aromatic N) is 2. The highest BCUT2D eigenvalue weighted by molar-refractivity contribution is 5.09. The molecule has 0 amide bonds. The monoisotopic (exact) mass is 193 g/mol. The summed E-state index contributed by atoms with van der Waals surface area (Å²) in [6, 6.07) is -0.404. The fraction of sp³-hybridized carbons (Fsp3) is 0.600. The summed E-state index contributed by atoms with van der Waals surface area (Å²) >= 11 is 0. The maximum absolute atomic E-state index is 10.2. The largest absolute Gasteiger partial charge is 0.388 e. The van der Waals surface area contributed by atoms with Gasteiger partial charge in [0.25, 0.3) is 0 Å². The molecule has 4 nitrogen and oxygen atoms in total. The molecule has 76 valence electrons. The Kier molecular flexibility index (Phi) is 2.48. The van der Waals surface area contributed by atoms with Crippen LogP contribution < -0.4 is 5.73 Å². The molecule has 14 heavy (non-hydrogen) atoms. The van der Waals surface area contributed by atoms with Gasteiger partial charge in [0, 0.05) is 12.4 Å². The molecule has 1 aliphatic rings. The van der Waals surface area contributed by atoms with Crippen LogP contribution in [0.5, 0.6) is 0 Å². The van der Waals surface area contributed by atoms with Gasteiger partial charge in [-0.25, -0.2) is 0 Å². The highest BCUT2D eigenvalue weighted by Gasteiger charge is 2.38. The second-order valence-corrected chi connectivity index (χ2v) is 3.92. The van der Waals surface area contributed by atoms with Crippen molar-refractivity contribution in [3.8, 4) is 0 Å². The minimum absolute atomic E-state index is 0.404. The van der Waals surface area contributed by atoms with Crippen LogP contribution in [0.15, 0.2) is 18.6 Å². The zero-order valence-electron chi connectivity index (χ0n) is 8.06. The lowest BCUT2D eigenvalue weighted by Crippen LogP contribution is -2.39. The van der Waals surface area contributed by atoms with Crippen LogP contribution in [-0.4, -0.2) is 20.7 Å². The lowest BCUT2D eigenvalue weighted by molar-refractivity contribution is 0.0189. The van der Waals surface area contributed by atoms with E-state index in [9.17, 15) is 5.11 Å². The van der Waals surface area contributed by atoms with Crippen molar-refractivity contribution in [3.63, 3.8) is 0 Å². The van der Waals surface area contributed by atoms with Gasteiger partial charge >= 0.3 is 0 Å². The number of nitrogens with two attached hydrogens (primary N) is 1. The molecule has 3 N–H and O–H groups in total. The van der Waals surface area contributed by atoms with E-state index < -0.39 is 11.6 Å². The van der Waals surface area contributed by atoms with Crippen LogP contribution in [0.1, 0.15) is 37.4 Å². The smallest absolute Gasteiger partial charge is 0.0855 e. The molecule has 1 heterocycles. The molecular weight excluding hydrogens is 178 g/mol. The summed E-state index contributed by atoms with van der Waals surface area (Å²) in [7, 11) is 0. The number of aromatic nitrogens is 2. The van der Waals surface area contributed by atoms with Crippen LogP contribution in [-0.2, 0) is 0 Å². The van der Waals surface area contributed by atoms with Gasteiger partial charge in [-0.3, -0.25) is 9.97 Å². The molecule has 1 atom stereocenters. The molecule has 4 heteroatoms. The average Bonchev–Trinajstić information content (AvgIpc) is 2.67. The first kappa shape index (κ1) is 9.55. The fourth-order valence-electron chi connectivity index (χ4n) is 2.04. The molecule has 2 rings (SSSR count). The lowest BCUT2D eigenvalue weighted by Gasteiger charge is -2.28. The summed E-state index contributed by atoms with van der Waals surface area (Å²) in [5, 5.41) is 10.2. The van der Waals surface area contributed by atoms with Crippen LogP contribution in [0.3, 0.4) is 0 Å². The van der Waals surface area contributed by atoms with Crippen LogP contribution >= 0.6 is 0 Å². The van der Waals surface area contributed by atoms with Crippen molar-refractivity contribution in [2.24, 2.45) is 5.73 Å². The van der Waals surface area contributed by atoms with Crippen molar-refractivity contribution in [2.75, 3.05) is 0 Å². The van der Waals surface area contributed by atoms with E-state index in [2.05, 4.69) is 9.97 Å². The highest BCUT2D eigenvalue weighted by Crippen LogP contribution is 2.37. The molecule has 1 aliphatic carbocycles. The minimum Gasteiger partial charge on any atom is -0.388 e. The third-order valence-corrected chi connectivity index (χ3v) is 2.95. The molecule has 0 spiro atoms. The maximum Gasteiger partial charge on any atom is 0.0855 e.